The molecule has 2 heterocycles. The molecule has 1 aliphatic carbocycles. The lowest BCUT2D eigenvalue weighted by Gasteiger charge is -2.17. The summed E-state index contributed by atoms with van der Waals surface area (Å²) in [4.78, 5) is 5.23. The van der Waals surface area contributed by atoms with Crippen LogP contribution in [0, 0.1) is 6.92 Å². The van der Waals surface area contributed by atoms with E-state index < -0.39 is 0 Å². The van der Waals surface area contributed by atoms with Crippen molar-refractivity contribution in [3.63, 3.8) is 0 Å². The summed E-state index contributed by atoms with van der Waals surface area (Å²) < 4.78 is 4.81. The monoisotopic (exact) mass is 515 g/mol. The third-order valence-electron chi connectivity index (χ3n) is 7.72. The third-order valence-corrected chi connectivity index (χ3v) is 7.72. The zero-order valence-corrected chi connectivity index (χ0v) is 24.0. The second kappa shape index (κ2) is 12.3. The average Bonchev–Trinajstić information content (AvgIpc) is 3.48. The van der Waals surface area contributed by atoms with E-state index in [-0.39, 0.29) is 0 Å². The molecule has 200 valence electrons. The lowest BCUT2D eigenvalue weighted by atomic mass is 9.99. The number of aromatic nitrogens is 3. The summed E-state index contributed by atoms with van der Waals surface area (Å²) in [5.41, 5.74) is 11.1. The van der Waals surface area contributed by atoms with Crippen LogP contribution < -0.4 is 0 Å². The Hall–Kier alpha value is -3.85. The van der Waals surface area contributed by atoms with Crippen molar-refractivity contribution in [3.8, 4) is 22.8 Å². The predicted molar refractivity (Wildman–Crippen MR) is 167 cm³/mol. The van der Waals surface area contributed by atoms with Gasteiger partial charge in [-0.3, -0.25) is 4.57 Å². The van der Waals surface area contributed by atoms with Gasteiger partial charge in [-0.25, -0.2) is 4.98 Å². The maximum absolute atomic E-state index is 5.23. The van der Waals surface area contributed by atoms with Crippen molar-refractivity contribution in [1.82, 2.24) is 14.1 Å². The molecule has 5 rings (SSSR count). The molecule has 0 aliphatic heterocycles. The van der Waals surface area contributed by atoms with E-state index >= 15 is 0 Å². The highest BCUT2D eigenvalue weighted by molar-refractivity contribution is 5.76. The van der Waals surface area contributed by atoms with Crippen LogP contribution in [0.15, 0.2) is 85.0 Å². The Labute approximate surface area is 234 Å². The van der Waals surface area contributed by atoms with Gasteiger partial charge < -0.3 is 4.57 Å². The fourth-order valence-corrected chi connectivity index (χ4v) is 5.79. The van der Waals surface area contributed by atoms with Gasteiger partial charge in [-0.2, -0.15) is 0 Å². The highest BCUT2D eigenvalue weighted by atomic mass is 15.1. The average molecular weight is 516 g/mol. The van der Waals surface area contributed by atoms with Crippen LogP contribution in [0.1, 0.15) is 81.2 Å². The number of rotatable bonds is 7. The Morgan fingerprint density at radius 2 is 1.59 bits per heavy atom. The number of benzene rings is 2. The van der Waals surface area contributed by atoms with Gasteiger partial charge in [-0.1, -0.05) is 74.4 Å². The zero-order chi connectivity index (χ0) is 27.2. The summed E-state index contributed by atoms with van der Waals surface area (Å²) in [5, 5.41) is 0. The maximum atomic E-state index is 5.23. The number of fused-ring (bicyclic) bond motifs is 1. The minimum atomic E-state index is 0.963. The normalized spacial score (nSPS) is 14.6. The van der Waals surface area contributed by atoms with Crippen LogP contribution in [0.25, 0.3) is 34.4 Å². The molecule has 3 heteroatoms. The first-order valence-electron chi connectivity index (χ1n) is 14.6. The van der Waals surface area contributed by atoms with E-state index in [1.165, 1.54) is 54.7 Å². The fraction of sp³-hybridized carbons (Fsp3) is 0.306. The molecule has 0 saturated heterocycles. The van der Waals surface area contributed by atoms with Crippen molar-refractivity contribution in [2.24, 2.45) is 0 Å². The van der Waals surface area contributed by atoms with Gasteiger partial charge in [-0.05, 0) is 100 Å². The van der Waals surface area contributed by atoms with E-state index in [4.69, 9.17) is 4.98 Å². The van der Waals surface area contributed by atoms with Gasteiger partial charge in [0.05, 0.1) is 11.4 Å². The molecule has 0 N–H and O–H groups in total. The molecule has 0 fully saturated rings. The number of allylic oxidation sites excluding steroid dienone is 5. The van der Waals surface area contributed by atoms with Crippen molar-refractivity contribution in [1.29, 1.82) is 0 Å². The van der Waals surface area contributed by atoms with Gasteiger partial charge >= 0.3 is 0 Å². The van der Waals surface area contributed by atoms with Crippen molar-refractivity contribution in [2.45, 2.75) is 72.6 Å². The lowest BCUT2D eigenvalue weighted by Crippen LogP contribution is -2.06. The summed E-state index contributed by atoms with van der Waals surface area (Å²) in [5.74, 6) is 0.963. The zero-order valence-electron chi connectivity index (χ0n) is 24.0. The van der Waals surface area contributed by atoms with Crippen molar-refractivity contribution in [2.75, 3.05) is 0 Å². The summed E-state index contributed by atoms with van der Waals surface area (Å²) in [6.07, 6.45) is 19.4. The molecule has 0 amide bonds. The SMILES string of the molecule is C/C=C\C=C(/C)c1nc(-c2ccccc2)n(-c2ccc(-n3c(C)cc4c3CCCCCC4)cc2)c1/C=C/CC. The number of hydrogen-bond acceptors (Lipinski definition) is 1. The molecule has 2 aromatic heterocycles. The van der Waals surface area contributed by atoms with E-state index in [0.29, 0.717) is 0 Å². The Balaban J connectivity index is 1.65. The molecule has 3 nitrogen and oxygen atoms in total. The van der Waals surface area contributed by atoms with E-state index in [2.05, 4.69) is 121 Å². The minimum absolute atomic E-state index is 0.963. The maximum Gasteiger partial charge on any atom is 0.145 e. The second-order valence-corrected chi connectivity index (χ2v) is 10.6. The molecule has 0 atom stereocenters. The minimum Gasteiger partial charge on any atom is -0.318 e. The summed E-state index contributed by atoms with van der Waals surface area (Å²) in [6.45, 7) is 8.62. The van der Waals surface area contributed by atoms with Gasteiger partial charge in [-0.15, -0.1) is 0 Å². The van der Waals surface area contributed by atoms with E-state index in [9.17, 15) is 0 Å². The van der Waals surface area contributed by atoms with Crippen LogP contribution >= 0.6 is 0 Å². The lowest BCUT2D eigenvalue weighted by molar-refractivity contribution is 0.606. The Bertz CT molecular complexity index is 1490. The van der Waals surface area contributed by atoms with Gasteiger partial charge in [0.2, 0.25) is 0 Å². The van der Waals surface area contributed by atoms with E-state index in [0.717, 1.165) is 46.9 Å². The molecule has 0 saturated carbocycles. The van der Waals surface area contributed by atoms with Gasteiger partial charge in [0, 0.05) is 28.3 Å². The quantitative estimate of drug-likeness (QED) is 0.225. The first-order chi connectivity index (χ1) is 19.1. The van der Waals surface area contributed by atoms with E-state index in [1.807, 2.05) is 6.92 Å². The van der Waals surface area contributed by atoms with Crippen LogP contribution in [0.3, 0.4) is 0 Å². The van der Waals surface area contributed by atoms with Crippen molar-refractivity contribution in [3.05, 3.63) is 113 Å². The molecule has 0 unspecified atom stereocenters. The Morgan fingerprint density at radius 3 is 2.28 bits per heavy atom. The molecule has 2 aromatic carbocycles. The third kappa shape index (κ3) is 5.63. The molecule has 0 bridgehead atoms. The van der Waals surface area contributed by atoms with Gasteiger partial charge in [0.25, 0.3) is 0 Å². The topological polar surface area (TPSA) is 22.8 Å². The standard InChI is InChI=1S/C36H41N3/c1-5-7-16-27(3)35-34(20-8-6-2)39(36(37-35)29-17-13-11-14-18-29)32-24-22-31(23-25-32)38-28(4)26-30-19-12-9-10-15-21-33(30)38/h5,7-8,11,13-14,16-18,20,22-26H,6,9-10,12,15,19,21H2,1-4H3/b7-5-,20-8+,27-16+. The van der Waals surface area contributed by atoms with Crippen molar-refractivity contribution < 1.29 is 0 Å². The molecular weight excluding hydrogens is 474 g/mol. The first kappa shape index (κ1) is 26.7. The van der Waals surface area contributed by atoms with Crippen LogP contribution in [-0.4, -0.2) is 14.1 Å². The first-order valence-corrected chi connectivity index (χ1v) is 14.6. The predicted octanol–water partition coefficient (Wildman–Crippen LogP) is 9.70. The molecule has 0 radical (unpaired) electrons. The second-order valence-electron chi connectivity index (χ2n) is 10.6. The van der Waals surface area contributed by atoms with Gasteiger partial charge in [0.15, 0.2) is 0 Å². The molecular formula is C36H41N3. The van der Waals surface area contributed by atoms with Crippen LogP contribution in [0.5, 0.6) is 0 Å². The summed E-state index contributed by atoms with van der Waals surface area (Å²) >= 11 is 0. The molecule has 1 aliphatic rings. The molecule has 39 heavy (non-hydrogen) atoms. The molecule has 4 aromatic rings. The summed E-state index contributed by atoms with van der Waals surface area (Å²) in [6, 6.07) is 22.0. The van der Waals surface area contributed by atoms with Gasteiger partial charge in [0.1, 0.15) is 5.82 Å². The van der Waals surface area contributed by atoms with Crippen LogP contribution in [-0.2, 0) is 12.8 Å². The highest BCUT2D eigenvalue weighted by Gasteiger charge is 2.20. The van der Waals surface area contributed by atoms with Crippen molar-refractivity contribution >= 4 is 11.6 Å². The number of hydrogen-bond donors (Lipinski definition) is 0. The Kier molecular flexibility index (Phi) is 8.46. The molecule has 0 spiro atoms. The fourth-order valence-electron chi connectivity index (χ4n) is 5.79. The summed E-state index contributed by atoms with van der Waals surface area (Å²) in [7, 11) is 0. The number of nitrogens with zero attached hydrogens (tertiary/aromatic N) is 3. The Morgan fingerprint density at radius 1 is 0.897 bits per heavy atom. The van der Waals surface area contributed by atoms with E-state index in [1.54, 1.807) is 0 Å². The smallest absolute Gasteiger partial charge is 0.145 e. The number of imidazole rings is 1. The van der Waals surface area contributed by atoms with Crippen LogP contribution in [0.2, 0.25) is 0 Å². The highest BCUT2D eigenvalue weighted by Crippen LogP contribution is 2.33. The largest absolute Gasteiger partial charge is 0.318 e. The van der Waals surface area contributed by atoms with Crippen LogP contribution in [0.4, 0.5) is 0 Å². The number of aryl methyl sites for hydroxylation is 2.